The van der Waals surface area contributed by atoms with Crippen molar-refractivity contribution in [1.29, 1.82) is 0 Å². The first kappa shape index (κ1) is 18.6. The number of sulfonamides is 1. The van der Waals surface area contributed by atoms with Gasteiger partial charge < -0.3 is 0 Å². The van der Waals surface area contributed by atoms with Gasteiger partial charge in [-0.15, -0.1) is 11.3 Å². The quantitative estimate of drug-likeness (QED) is 0.597. The molecule has 2 aromatic carbocycles. The monoisotopic (exact) mass is 386 g/mol. The van der Waals surface area contributed by atoms with E-state index in [4.69, 9.17) is 4.98 Å². The fourth-order valence-corrected chi connectivity index (χ4v) is 4.84. The van der Waals surface area contributed by atoms with Crippen LogP contribution in [-0.4, -0.2) is 19.2 Å². The summed E-state index contributed by atoms with van der Waals surface area (Å²) in [5, 5.41) is 0.988. The number of unbranched alkanes of at least 4 members (excludes halogenated alkanes) is 1. The van der Waals surface area contributed by atoms with E-state index in [-0.39, 0.29) is 5.75 Å². The Kier molecular flexibility index (Phi) is 5.74. The third kappa shape index (κ3) is 4.51. The normalized spacial score (nSPS) is 11.5. The fraction of sp³-hybridized carbons (Fsp3) is 0.250. The predicted molar refractivity (Wildman–Crippen MR) is 110 cm³/mol. The molecule has 0 atom stereocenters. The van der Waals surface area contributed by atoms with Crippen LogP contribution in [0.2, 0.25) is 0 Å². The summed E-state index contributed by atoms with van der Waals surface area (Å²) < 4.78 is 26.6. The van der Waals surface area contributed by atoms with Crippen LogP contribution in [0.15, 0.2) is 54.6 Å². The SMILES string of the molecule is CCCCS(=O)(=O)Nc1ccc(-c2nc(-c3ccccc3)sc2C)cc1. The first-order valence-corrected chi connectivity index (χ1v) is 11.1. The summed E-state index contributed by atoms with van der Waals surface area (Å²) in [6, 6.07) is 17.5. The molecule has 0 saturated heterocycles. The highest BCUT2D eigenvalue weighted by Gasteiger charge is 2.13. The highest BCUT2D eigenvalue weighted by atomic mass is 32.2. The largest absolute Gasteiger partial charge is 0.284 e. The first-order valence-electron chi connectivity index (χ1n) is 8.62. The molecular weight excluding hydrogens is 364 g/mol. The molecule has 1 N–H and O–H groups in total. The lowest BCUT2D eigenvalue weighted by atomic mass is 10.1. The smallest absolute Gasteiger partial charge is 0.232 e. The maximum absolute atomic E-state index is 12.0. The van der Waals surface area contributed by atoms with E-state index < -0.39 is 10.0 Å². The van der Waals surface area contributed by atoms with Gasteiger partial charge in [-0.1, -0.05) is 55.8 Å². The van der Waals surface area contributed by atoms with E-state index in [1.54, 1.807) is 23.5 Å². The number of benzene rings is 2. The summed E-state index contributed by atoms with van der Waals surface area (Å²) in [7, 11) is -3.28. The number of thiazole rings is 1. The summed E-state index contributed by atoms with van der Waals surface area (Å²) >= 11 is 1.66. The molecule has 0 unspecified atom stereocenters. The molecule has 3 rings (SSSR count). The highest BCUT2D eigenvalue weighted by molar-refractivity contribution is 7.92. The van der Waals surface area contributed by atoms with Crippen molar-refractivity contribution in [2.24, 2.45) is 0 Å². The Balaban J connectivity index is 1.80. The summed E-state index contributed by atoms with van der Waals surface area (Å²) in [5.41, 5.74) is 3.61. The van der Waals surface area contributed by atoms with Crippen LogP contribution < -0.4 is 4.72 Å². The predicted octanol–water partition coefficient (Wildman–Crippen LogP) is 5.33. The second-order valence-corrected chi connectivity index (χ2v) is 9.19. The molecule has 4 nitrogen and oxygen atoms in total. The molecule has 26 heavy (non-hydrogen) atoms. The average Bonchev–Trinajstić information content (AvgIpc) is 3.03. The van der Waals surface area contributed by atoms with Crippen LogP contribution in [-0.2, 0) is 10.0 Å². The lowest BCUT2D eigenvalue weighted by Crippen LogP contribution is -2.16. The van der Waals surface area contributed by atoms with Crippen LogP contribution in [0.25, 0.3) is 21.8 Å². The Morgan fingerprint density at radius 2 is 1.69 bits per heavy atom. The van der Waals surface area contributed by atoms with E-state index in [9.17, 15) is 8.42 Å². The molecule has 1 aromatic heterocycles. The zero-order valence-electron chi connectivity index (χ0n) is 14.9. The Morgan fingerprint density at radius 1 is 1.00 bits per heavy atom. The van der Waals surface area contributed by atoms with Crippen LogP contribution in [0, 0.1) is 6.92 Å². The van der Waals surface area contributed by atoms with Crippen molar-refractivity contribution in [3.8, 4) is 21.8 Å². The minimum absolute atomic E-state index is 0.150. The summed E-state index contributed by atoms with van der Waals surface area (Å²) in [4.78, 5) is 5.91. The van der Waals surface area contributed by atoms with Gasteiger partial charge in [0.25, 0.3) is 0 Å². The van der Waals surface area contributed by atoms with E-state index >= 15 is 0 Å². The third-order valence-corrected chi connectivity index (χ3v) is 6.41. The number of nitrogens with one attached hydrogen (secondary N) is 1. The molecular formula is C20H22N2O2S2. The highest BCUT2D eigenvalue weighted by Crippen LogP contribution is 2.33. The number of hydrogen-bond donors (Lipinski definition) is 1. The van der Waals surface area contributed by atoms with E-state index in [1.807, 2.05) is 37.3 Å². The number of rotatable bonds is 7. The van der Waals surface area contributed by atoms with Crippen LogP contribution in [0.5, 0.6) is 0 Å². The van der Waals surface area contributed by atoms with Gasteiger partial charge in [-0.3, -0.25) is 4.72 Å². The zero-order valence-corrected chi connectivity index (χ0v) is 16.5. The summed E-state index contributed by atoms with van der Waals surface area (Å²) in [5.74, 6) is 0.150. The van der Waals surface area contributed by atoms with Crippen LogP contribution in [0.3, 0.4) is 0 Å². The topological polar surface area (TPSA) is 59.1 Å². The molecule has 3 aromatic rings. The van der Waals surface area contributed by atoms with Crippen molar-refractivity contribution >= 4 is 27.0 Å². The van der Waals surface area contributed by atoms with Crippen molar-refractivity contribution in [2.45, 2.75) is 26.7 Å². The van der Waals surface area contributed by atoms with Gasteiger partial charge in [0, 0.05) is 21.7 Å². The molecule has 136 valence electrons. The Hall–Kier alpha value is -2.18. The van der Waals surface area contributed by atoms with Crippen LogP contribution >= 0.6 is 11.3 Å². The second kappa shape index (κ2) is 8.01. The number of aromatic nitrogens is 1. The third-order valence-electron chi connectivity index (χ3n) is 4.02. The maximum atomic E-state index is 12.0. The molecule has 0 fully saturated rings. The Bertz CT molecular complexity index is 963. The van der Waals surface area contributed by atoms with Crippen molar-refractivity contribution in [1.82, 2.24) is 4.98 Å². The lowest BCUT2D eigenvalue weighted by molar-refractivity contribution is 0.598. The lowest BCUT2D eigenvalue weighted by Gasteiger charge is -2.08. The van der Waals surface area contributed by atoms with Gasteiger partial charge in [0.2, 0.25) is 10.0 Å². The van der Waals surface area contributed by atoms with Gasteiger partial charge in [-0.25, -0.2) is 13.4 Å². The molecule has 0 bridgehead atoms. The Morgan fingerprint density at radius 3 is 2.35 bits per heavy atom. The van der Waals surface area contributed by atoms with Crippen LogP contribution in [0.1, 0.15) is 24.6 Å². The van der Waals surface area contributed by atoms with Crippen molar-refractivity contribution in [3.63, 3.8) is 0 Å². The molecule has 0 spiro atoms. The van der Waals surface area contributed by atoms with Crippen molar-refractivity contribution in [3.05, 3.63) is 59.5 Å². The van der Waals surface area contributed by atoms with Gasteiger partial charge in [-0.2, -0.15) is 0 Å². The molecule has 0 aliphatic carbocycles. The molecule has 6 heteroatoms. The molecule has 0 radical (unpaired) electrons. The fourth-order valence-electron chi connectivity index (χ4n) is 2.63. The van der Waals surface area contributed by atoms with Crippen LogP contribution in [0.4, 0.5) is 5.69 Å². The van der Waals surface area contributed by atoms with Gasteiger partial charge in [0.1, 0.15) is 5.01 Å². The summed E-state index contributed by atoms with van der Waals surface area (Å²) in [6.45, 7) is 4.03. The molecule has 0 saturated carbocycles. The number of nitrogens with zero attached hydrogens (tertiary/aromatic N) is 1. The average molecular weight is 387 g/mol. The molecule has 0 aliphatic heterocycles. The van der Waals surface area contributed by atoms with E-state index in [2.05, 4.69) is 23.8 Å². The van der Waals surface area contributed by atoms with E-state index in [0.717, 1.165) is 33.1 Å². The minimum Gasteiger partial charge on any atom is -0.284 e. The molecule has 1 heterocycles. The zero-order chi connectivity index (χ0) is 18.6. The number of anilines is 1. The van der Waals surface area contributed by atoms with Gasteiger partial charge >= 0.3 is 0 Å². The Labute approximate surface area is 159 Å². The van der Waals surface area contributed by atoms with E-state index in [1.165, 1.54) is 0 Å². The maximum Gasteiger partial charge on any atom is 0.232 e. The summed E-state index contributed by atoms with van der Waals surface area (Å²) in [6.07, 6.45) is 1.51. The second-order valence-electron chi connectivity index (χ2n) is 6.14. The van der Waals surface area contributed by atoms with E-state index in [0.29, 0.717) is 12.1 Å². The minimum atomic E-state index is -3.28. The van der Waals surface area contributed by atoms with Gasteiger partial charge in [-0.05, 0) is 25.5 Å². The van der Waals surface area contributed by atoms with Crippen molar-refractivity contribution < 1.29 is 8.42 Å². The standard InChI is InChI=1S/C20H22N2O2S2/c1-3-4-14-26(23,24)22-18-12-10-16(11-13-18)19-15(2)25-20(21-19)17-8-6-5-7-9-17/h5-13,22H,3-4,14H2,1-2H3. The number of aryl methyl sites for hydroxylation is 1. The molecule has 0 aliphatic rings. The van der Waals surface area contributed by atoms with Gasteiger partial charge in [0.15, 0.2) is 0 Å². The first-order chi connectivity index (χ1) is 12.5. The number of hydrogen-bond acceptors (Lipinski definition) is 4. The van der Waals surface area contributed by atoms with Crippen molar-refractivity contribution in [2.75, 3.05) is 10.5 Å². The molecule has 0 amide bonds. The van der Waals surface area contributed by atoms with Gasteiger partial charge in [0.05, 0.1) is 11.4 Å².